The first kappa shape index (κ1) is 31.3. The van der Waals surface area contributed by atoms with Gasteiger partial charge in [-0.1, -0.05) is 30.3 Å². The summed E-state index contributed by atoms with van der Waals surface area (Å²) in [5.74, 6) is -2.75. The van der Waals surface area contributed by atoms with E-state index in [1.807, 2.05) is 0 Å². The van der Waals surface area contributed by atoms with Crippen molar-refractivity contribution in [1.29, 1.82) is 0 Å². The maximum absolute atomic E-state index is 13.5. The van der Waals surface area contributed by atoms with E-state index >= 15 is 0 Å². The Morgan fingerprint density at radius 1 is 1.07 bits per heavy atom. The Labute approximate surface area is 235 Å². The highest BCUT2D eigenvalue weighted by molar-refractivity contribution is 7.88. The molecule has 2 saturated heterocycles. The summed E-state index contributed by atoms with van der Waals surface area (Å²) in [6.07, 6.45) is 0.834. The van der Waals surface area contributed by atoms with Gasteiger partial charge in [0.2, 0.25) is 21.8 Å². The fourth-order valence-electron chi connectivity index (χ4n) is 5.00. The molecule has 3 rings (SSSR count). The highest BCUT2D eigenvalue weighted by atomic mass is 32.2. The van der Waals surface area contributed by atoms with Gasteiger partial charge in [-0.05, 0) is 52.0 Å². The van der Waals surface area contributed by atoms with Crippen molar-refractivity contribution in [2.24, 2.45) is 0 Å². The normalized spacial score (nSPS) is 19.2. The Morgan fingerprint density at radius 3 is 2.27 bits per heavy atom. The minimum atomic E-state index is -4.05. The SMILES string of the molecule is CN(C(=O)CC(NS(=O)(=O)Cc1ccccc1)C(=O)N1CCC[C@H]1C(=O)O)C1CCN(C(=O)OC(C)(C)C)CC1. The van der Waals surface area contributed by atoms with Crippen molar-refractivity contribution >= 4 is 33.9 Å². The van der Waals surface area contributed by atoms with Crippen LogP contribution < -0.4 is 4.72 Å². The number of carbonyl (C=O) groups is 4. The number of piperidine rings is 1. The number of aliphatic carboxylic acids is 1. The van der Waals surface area contributed by atoms with Gasteiger partial charge < -0.3 is 24.5 Å². The predicted molar refractivity (Wildman–Crippen MR) is 147 cm³/mol. The first-order valence-electron chi connectivity index (χ1n) is 13.5. The van der Waals surface area contributed by atoms with Crippen LogP contribution in [0.4, 0.5) is 4.79 Å². The molecule has 1 aromatic rings. The third kappa shape index (κ3) is 8.65. The molecule has 0 saturated carbocycles. The summed E-state index contributed by atoms with van der Waals surface area (Å²) in [6.45, 7) is 6.30. The summed E-state index contributed by atoms with van der Waals surface area (Å²) >= 11 is 0. The number of ether oxygens (including phenoxy) is 1. The van der Waals surface area contributed by atoms with Crippen LogP contribution in [0.1, 0.15) is 58.4 Å². The Balaban J connectivity index is 1.70. The Kier molecular flexibility index (Phi) is 10.2. The average molecular weight is 581 g/mol. The van der Waals surface area contributed by atoms with Crippen LogP contribution in [-0.4, -0.2) is 103 Å². The van der Waals surface area contributed by atoms with Crippen molar-refractivity contribution in [3.05, 3.63) is 35.9 Å². The van der Waals surface area contributed by atoms with Crippen LogP contribution in [0.15, 0.2) is 30.3 Å². The first-order valence-corrected chi connectivity index (χ1v) is 15.1. The van der Waals surface area contributed by atoms with Crippen molar-refractivity contribution in [1.82, 2.24) is 19.4 Å². The van der Waals surface area contributed by atoms with Gasteiger partial charge in [0.1, 0.15) is 17.7 Å². The quantitative estimate of drug-likeness (QED) is 0.448. The van der Waals surface area contributed by atoms with Gasteiger partial charge in [-0.25, -0.2) is 22.7 Å². The van der Waals surface area contributed by atoms with Gasteiger partial charge in [-0.2, -0.15) is 0 Å². The van der Waals surface area contributed by atoms with Crippen LogP contribution in [-0.2, 0) is 34.9 Å². The molecule has 0 bridgehead atoms. The number of sulfonamides is 1. The van der Waals surface area contributed by atoms with Crippen molar-refractivity contribution in [2.45, 2.75) is 82.4 Å². The summed E-state index contributed by atoms with van der Waals surface area (Å²) in [7, 11) is -2.46. The van der Waals surface area contributed by atoms with Crippen molar-refractivity contribution in [3.63, 3.8) is 0 Å². The van der Waals surface area contributed by atoms with E-state index < -0.39 is 63.8 Å². The van der Waals surface area contributed by atoms with E-state index in [0.29, 0.717) is 37.9 Å². The summed E-state index contributed by atoms with van der Waals surface area (Å²) in [5, 5.41) is 9.56. The number of nitrogens with one attached hydrogen (secondary N) is 1. The fourth-order valence-corrected chi connectivity index (χ4v) is 6.34. The van der Waals surface area contributed by atoms with Crippen LogP contribution in [0.5, 0.6) is 0 Å². The predicted octanol–water partition coefficient (Wildman–Crippen LogP) is 1.80. The Morgan fingerprint density at radius 2 is 1.70 bits per heavy atom. The molecule has 0 aromatic heterocycles. The van der Waals surface area contributed by atoms with Gasteiger partial charge in [-0.3, -0.25) is 9.59 Å². The zero-order valence-corrected chi connectivity index (χ0v) is 24.4. The van der Waals surface area contributed by atoms with E-state index in [2.05, 4.69) is 4.72 Å². The second-order valence-electron chi connectivity index (χ2n) is 11.4. The number of benzene rings is 1. The number of amides is 3. The van der Waals surface area contributed by atoms with E-state index in [1.165, 1.54) is 4.90 Å². The highest BCUT2D eigenvalue weighted by Crippen LogP contribution is 2.22. The van der Waals surface area contributed by atoms with Crippen LogP contribution >= 0.6 is 0 Å². The summed E-state index contributed by atoms with van der Waals surface area (Å²) in [4.78, 5) is 55.1. The lowest BCUT2D eigenvalue weighted by Gasteiger charge is -2.37. The molecular formula is C27H40N4O8S. The lowest BCUT2D eigenvalue weighted by atomic mass is 10.0. The van der Waals surface area contributed by atoms with Crippen LogP contribution in [0.25, 0.3) is 0 Å². The number of likely N-dealkylation sites (tertiary alicyclic amines) is 2. The minimum absolute atomic E-state index is 0.167. The van der Waals surface area contributed by atoms with E-state index in [4.69, 9.17) is 4.74 Å². The van der Waals surface area contributed by atoms with Gasteiger partial charge in [0.15, 0.2) is 0 Å². The lowest BCUT2D eigenvalue weighted by molar-refractivity contribution is -0.149. The monoisotopic (exact) mass is 580 g/mol. The molecule has 2 fully saturated rings. The molecule has 2 heterocycles. The number of carbonyl (C=O) groups excluding carboxylic acids is 3. The van der Waals surface area contributed by atoms with Gasteiger partial charge >= 0.3 is 12.1 Å². The molecular weight excluding hydrogens is 540 g/mol. The van der Waals surface area contributed by atoms with Crippen LogP contribution in [0, 0.1) is 0 Å². The smallest absolute Gasteiger partial charge is 0.410 e. The largest absolute Gasteiger partial charge is 0.480 e. The number of carboxylic acids is 1. The van der Waals surface area contributed by atoms with Crippen molar-refractivity contribution < 1.29 is 37.4 Å². The second-order valence-corrected chi connectivity index (χ2v) is 13.1. The first-order chi connectivity index (χ1) is 18.7. The molecule has 0 spiro atoms. The molecule has 3 amide bonds. The number of nitrogens with zero attached hydrogens (tertiary/aromatic N) is 3. The Bertz CT molecular complexity index is 1180. The second kappa shape index (κ2) is 13.0. The summed E-state index contributed by atoms with van der Waals surface area (Å²) < 4.78 is 33.9. The molecule has 40 heavy (non-hydrogen) atoms. The van der Waals surface area contributed by atoms with E-state index in [0.717, 1.165) is 4.90 Å². The molecule has 2 N–H and O–H groups in total. The molecule has 1 unspecified atom stereocenters. The average Bonchev–Trinajstić information content (AvgIpc) is 3.37. The molecule has 222 valence electrons. The number of carboxylic acid groups (broad SMARTS) is 1. The fraction of sp³-hybridized carbons (Fsp3) is 0.630. The van der Waals surface area contributed by atoms with Gasteiger partial charge in [0, 0.05) is 32.7 Å². The molecule has 0 aliphatic carbocycles. The van der Waals surface area contributed by atoms with E-state index in [-0.39, 0.29) is 19.0 Å². The maximum Gasteiger partial charge on any atom is 0.410 e. The summed E-state index contributed by atoms with van der Waals surface area (Å²) in [5.41, 5.74) is -0.114. The third-order valence-corrected chi connectivity index (χ3v) is 8.43. The van der Waals surface area contributed by atoms with Gasteiger partial charge in [0.05, 0.1) is 12.2 Å². The minimum Gasteiger partial charge on any atom is -0.480 e. The van der Waals surface area contributed by atoms with E-state index in [9.17, 15) is 32.7 Å². The zero-order chi connectivity index (χ0) is 29.7. The van der Waals surface area contributed by atoms with Crippen molar-refractivity contribution in [3.8, 4) is 0 Å². The maximum atomic E-state index is 13.5. The molecule has 0 radical (unpaired) electrons. The molecule has 12 nitrogen and oxygen atoms in total. The molecule has 13 heteroatoms. The number of rotatable bonds is 9. The third-order valence-electron chi connectivity index (χ3n) is 7.08. The lowest BCUT2D eigenvalue weighted by Crippen LogP contribution is -2.54. The van der Waals surface area contributed by atoms with Crippen LogP contribution in [0.3, 0.4) is 0 Å². The van der Waals surface area contributed by atoms with Crippen molar-refractivity contribution in [2.75, 3.05) is 26.7 Å². The topological polar surface area (TPSA) is 154 Å². The molecule has 1 aromatic carbocycles. The number of hydrogen-bond donors (Lipinski definition) is 2. The van der Waals surface area contributed by atoms with E-state index in [1.54, 1.807) is 63.1 Å². The number of hydrogen-bond acceptors (Lipinski definition) is 7. The van der Waals surface area contributed by atoms with Gasteiger partial charge in [-0.15, -0.1) is 0 Å². The standard InChI is InChI=1S/C27H40N4O8S/c1-27(2,3)39-26(36)30-15-12-20(13-16-30)29(4)23(32)17-21(24(33)31-14-8-11-22(31)25(34)35)28-40(37,38)18-19-9-6-5-7-10-19/h5-7,9-10,20-22,28H,8,11-18H2,1-4H3,(H,34,35)/t21?,22-/m0/s1. The van der Waals surface area contributed by atoms with Crippen LogP contribution in [0.2, 0.25) is 0 Å². The molecule has 2 aliphatic rings. The zero-order valence-electron chi connectivity index (χ0n) is 23.5. The Hall–Kier alpha value is -3.19. The molecule has 2 atom stereocenters. The summed E-state index contributed by atoms with van der Waals surface area (Å²) in [6, 6.07) is 5.68. The molecule has 2 aliphatic heterocycles. The highest BCUT2D eigenvalue weighted by Gasteiger charge is 2.40. The van der Waals surface area contributed by atoms with Gasteiger partial charge in [0.25, 0.3) is 0 Å².